The van der Waals surface area contributed by atoms with Crippen LogP contribution in [0.2, 0.25) is 0 Å². The summed E-state index contributed by atoms with van der Waals surface area (Å²) in [6, 6.07) is 15.3. The van der Waals surface area contributed by atoms with E-state index in [9.17, 15) is 4.79 Å². The molecule has 0 radical (unpaired) electrons. The topological polar surface area (TPSA) is 74.6 Å². The fourth-order valence-electron chi connectivity index (χ4n) is 2.95. The molecule has 1 aliphatic rings. The van der Waals surface area contributed by atoms with Gasteiger partial charge in [0.1, 0.15) is 11.5 Å². The normalized spacial score (nSPS) is 13.9. The largest absolute Gasteiger partial charge is 0.495 e. The van der Waals surface area contributed by atoms with E-state index in [2.05, 4.69) is 16.1 Å². The monoisotopic (exact) mass is 405 g/mol. The fraction of sp³-hybridized carbons (Fsp3) is 0.300. The number of halogens is 1. The number of nitrogens with zero attached hydrogens (tertiary/aromatic N) is 3. The molecule has 1 fully saturated rings. The maximum atomic E-state index is 10.7. The number of aliphatic carboxylic acids is 1. The molecule has 1 aliphatic heterocycles. The summed E-state index contributed by atoms with van der Waals surface area (Å²) in [5.74, 6) is 0.379. The molecule has 1 N–H and O–H groups in total. The maximum absolute atomic E-state index is 10.7. The molecule has 0 amide bonds. The summed E-state index contributed by atoms with van der Waals surface area (Å²) in [6.07, 6.45) is 1.72. The molecule has 0 saturated carbocycles. The van der Waals surface area contributed by atoms with Gasteiger partial charge in [0.05, 0.1) is 32.1 Å². The molecular weight excluding hydrogens is 382 g/mol. The molecule has 0 spiro atoms. The molecule has 1 saturated heterocycles. The SMILES string of the molecule is COc1ccccc1N1CCN(N=Cc2ccccc2OCC(=O)O)CC1.Cl. The lowest BCUT2D eigenvalue weighted by atomic mass is 10.2. The number of hydrazone groups is 1. The van der Waals surface area contributed by atoms with Gasteiger partial charge in [-0.2, -0.15) is 5.10 Å². The van der Waals surface area contributed by atoms with Gasteiger partial charge in [0.25, 0.3) is 0 Å². The third-order valence-corrected chi connectivity index (χ3v) is 4.31. The zero-order chi connectivity index (χ0) is 19.1. The van der Waals surface area contributed by atoms with Crippen LogP contribution in [0.4, 0.5) is 5.69 Å². The summed E-state index contributed by atoms with van der Waals surface area (Å²) in [4.78, 5) is 13.0. The summed E-state index contributed by atoms with van der Waals surface area (Å²) < 4.78 is 10.8. The van der Waals surface area contributed by atoms with Gasteiger partial charge < -0.3 is 19.5 Å². The van der Waals surface area contributed by atoms with Gasteiger partial charge >= 0.3 is 5.97 Å². The van der Waals surface area contributed by atoms with Crippen molar-refractivity contribution in [3.05, 3.63) is 54.1 Å². The number of methoxy groups -OCH3 is 1. The number of carboxylic acids is 1. The Balaban J connectivity index is 0.00000280. The number of piperazine rings is 1. The predicted molar refractivity (Wildman–Crippen MR) is 111 cm³/mol. The van der Waals surface area contributed by atoms with Gasteiger partial charge in [-0.3, -0.25) is 5.01 Å². The van der Waals surface area contributed by atoms with Crippen molar-refractivity contribution in [1.82, 2.24) is 5.01 Å². The van der Waals surface area contributed by atoms with Crippen LogP contribution in [0.3, 0.4) is 0 Å². The van der Waals surface area contributed by atoms with Crippen LogP contribution >= 0.6 is 12.4 Å². The molecular formula is C20H24ClN3O4. The molecule has 2 aromatic carbocycles. The maximum Gasteiger partial charge on any atom is 0.341 e. The van der Waals surface area contributed by atoms with Gasteiger partial charge in [0.15, 0.2) is 6.61 Å². The van der Waals surface area contributed by atoms with E-state index in [0.717, 1.165) is 43.2 Å². The number of carboxylic acid groups (broad SMARTS) is 1. The highest BCUT2D eigenvalue weighted by Gasteiger charge is 2.18. The lowest BCUT2D eigenvalue weighted by Gasteiger charge is -2.35. The summed E-state index contributed by atoms with van der Waals surface area (Å²) >= 11 is 0. The minimum atomic E-state index is -1.01. The van der Waals surface area contributed by atoms with E-state index < -0.39 is 5.97 Å². The Labute approximate surface area is 170 Å². The Hall–Kier alpha value is -2.93. The average molecular weight is 406 g/mol. The van der Waals surface area contributed by atoms with E-state index in [-0.39, 0.29) is 19.0 Å². The summed E-state index contributed by atoms with van der Waals surface area (Å²) in [5.41, 5.74) is 1.85. The minimum absolute atomic E-state index is 0. The quantitative estimate of drug-likeness (QED) is 0.714. The van der Waals surface area contributed by atoms with E-state index in [4.69, 9.17) is 14.6 Å². The first-order valence-corrected chi connectivity index (χ1v) is 8.78. The van der Waals surface area contributed by atoms with E-state index in [1.54, 1.807) is 25.5 Å². The molecule has 7 nitrogen and oxygen atoms in total. The Kier molecular flexibility index (Phi) is 7.95. The van der Waals surface area contributed by atoms with E-state index in [0.29, 0.717) is 5.75 Å². The smallest absolute Gasteiger partial charge is 0.341 e. The molecule has 1 heterocycles. The van der Waals surface area contributed by atoms with Crippen LogP contribution in [0.1, 0.15) is 5.56 Å². The zero-order valence-electron chi connectivity index (χ0n) is 15.7. The molecule has 0 aliphatic carbocycles. The van der Waals surface area contributed by atoms with E-state index >= 15 is 0 Å². The average Bonchev–Trinajstić information content (AvgIpc) is 2.71. The molecule has 0 atom stereocenters. The predicted octanol–water partition coefficient (Wildman–Crippen LogP) is 2.74. The minimum Gasteiger partial charge on any atom is -0.495 e. The molecule has 0 bridgehead atoms. The van der Waals surface area contributed by atoms with Crippen LogP contribution in [0.15, 0.2) is 53.6 Å². The van der Waals surface area contributed by atoms with Crippen LogP contribution in [0, 0.1) is 0 Å². The highest BCUT2D eigenvalue weighted by Crippen LogP contribution is 2.28. The molecule has 28 heavy (non-hydrogen) atoms. The van der Waals surface area contributed by atoms with Crippen molar-refractivity contribution >= 4 is 30.3 Å². The van der Waals surface area contributed by atoms with Crippen molar-refractivity contribution < 1.29 is 19.4 Å². The Morgan fingerprint density at radius 1 is 1.07 bits per heavy atom. The number of hydrogen-bond acceptors (Lipinski definition) is 6. The van der Waals surface area contributed by atoms with Gasteiger partial charge in [-0.05, 0) is 24.3 Å². The highest BCUT2D eigenvalue weighted by atomic mass is 35.5. The van der Waals surface area contributed by atoms with Gasteiger partial charge in [-0.15, -0.1) is 12.4 Å². The number of anilines is 1. The number of benzene rings is 2. The van der Waals surface area contributed by atoms with Crippen LogP contribution in [-0.2, 0) is 4.79 Å². The molecule has 3 rings (SSSR count). The van der Waals surface area contributed by atoms with Crippen LogP contribution in [0.5, 0.6) is 11.5 Å². The van der Waals surface area contributed by atoms with Gasteiger partial charge in [-0.25, -0.2) is 4.79 Å². The Bertz CT molecular complexity index is 808. The van der Waals surface area contributed by atoms with E-state index in [1.165, 1.54) is 0 Å². The van der Waals surface area contributed by atoms with E-state index in [1.807, 2.05) is 35.3 Å². The second-order valence-electron chi connectivity index (χ2n) is 6.08. The Morgan fingerprint density at radius 3 is 2.39 bits per heavy atom. The summed E-state index contributed by atoms with van der Waals surface area (Å²) in [5, 5.41) is 15.3. The summed E-state index contributed by atoms with van der Waals surface area (Å²) in [6.45, 7) is 2.88. The second kappa shape index (κ2) is 10.4. The Morgan fingerprint density at radius 2 is 1.71 bits per heavy atom. The van der Waals surface area contributed by atoms with Gasteiger partial charge in [-0.1, -0.05) is 24.3 Å². The molecule has 8 heteroatoms. The zero-order valence-corrected chi connectivity index (χ0v) is 16.5. The van der Waals surface area contributed by atoms with Crippen molar-refractivity contribution in [1.29, 1.82) is 0 Å². The number of carbonyl (C=O) groups is 1. The number of rotatable bonds is 7. The fourth-order valence-corrected chi connectivity index (χ4v) is 2.95. The number of para-hydroxylation sites is 3. The lowest BCUT2D eigenvalue weighted by molar-refractivity contribution is -0.139. The third-order valence-electron chi connectivity index (χ3n) is 4.31. The molecule has 0 unspecified atom stereocenters. The van der Waals surface area contributed by atoms with Crippen molar-refractivity contribution in [2.24, 2.45) is 5.10 Å². The number of hydrogen-bond donors (Lipinski definition) is 1. The number of ether oxygens (including phenoxy) is 2. The van der Waals surface area contributed by atoms with Crippen molar-refractivity contribution in [3.8, 4) is 11.5 Å². The second-order valence-corrected chi connectivity index (χ2v) is 6.08. The van der Waals surface area contributed by atoms with Crippen LogP contribution in [-0.4, -0.2) is 62.2 Å². The van der Waals surface area contributed by atoms with Gasteiger partial charge in [0.2, 0.25) is 0 Å². The van der Waals surface area contributed by atoms with Gasteiger partial charge in [0, 0.05) is 18.7 Å². The first-order valence-electron chi connectivity index (χ1n) is 8.78. The molecule has 2 aromatic rings. The molecule has 150 valence electrons. The first kappa shape index (κ1) is 21.4. The lowest BCUT2D eigenvalue weighted by Crippen LogP contribution is -2.44. The third kappa shape index (κ3) is 5.53. The standard InChI is InChI=1S/C20H23N3O4.ClH/c1-26-19-9-5-3-7-17(19)22-10-12-23(13-11-22)21-14-16-6-2-4-8-18(16)27-15-20(24)25;/h2-9,14H,10-13,15H2,1H3,(H,24,25);1H. The highest BCUT2D eigenvalue weighted by molar-refractivity contribution is 5.85. The van der Waals surface area contributed by atoms with Crippen LogP contribution < -0.4 is 14.4 Å². The molecule has 0 aromatic heterocycles. The summed E-state index contributed by atoms with van der Waals surface area (Å²) in [7, 11) is 1.68. The van der Waals surface area contributed by atoms with Crippen molar-refractivity contribution in [2.75, 3.05) is 44.8 Å². The van der Waals surface area contributed by atoms with Crippen LogP contribution in [0.25, 0.3) is 0 Å². The van der Waals surface area contributed by atoms with Crippen molar-refractivity contribution in [3.63, 3.8) is 0 Å². The first-order chi connectivity index (χ1) is 13.2. The van der Waals surface area contributed by atoms with Crippen molar-refractivity contribution in [2.45, 2.75) is 0 Å².